The van der Waals surface area contributed by atoms with Gasteiger partial charge in [0.15, 0.2) is 0 Å². The summed E-state index contributed by atoms with van der Waals surface area (Å²) in [6.07, 6.45) is 1.61. The van der Waals surface area contributed by atoms with E-state index >= 15 is 0 Å². The van der Waals surface area contributed by atoms with Gasteiger partial charge in [0.05, 0.1) is 5.60 Å². The van der Waals surface area contributed by atoms with Crippen molar-refractivity contribution in [1.82, 2.24) is 5.32 Å². The van der Waals surface area contributed by atoms with Crippen molar-refractivity contribution in [1.29, 1.82) is 0 Å². The van der Waals surface area contributed by atoms with E-state index in [0.717, 1.165) is 12.8 Å². The minimum absolute atomic E-state index is 0.113. The Hall–Kier alpha value is -1.42. The van der Waals surface area contributed by atoms with E-state index in [9.17, 15) is 9.18 Å². The number of amides is 1. The minimum Gasteiger partial charge on any atom is -0.375 e. The van der Waals surface area contributed by atoms with Crippen LogP contribution >= 0.6 is 0 Å². The summed E-state index contributed by atoms with van der Waals surface area (Å²) < 4.78 is 18.8. The number of hydrogen-bond donors (Lipinski definition) is 1. The summed E-state index contributed by atoms with van der Waals surface area (Å²) in [7, 11) is 0. The van der Waals surface area contributed by atoms with Crippen molar-refractivity contribution in [3.8, 4) is 0 Å². The fraction of sp³-hybridized carbons (Fsp3) is 0.533. The third-order valence-corrected chi connectivity index (χ3v) is 3.45. The van der Waals surface area contributed by atoms with Crippen LogP contribution in [0.2, 0.25) is 0 Å². The Labute approximate surface area is 113 Å². The SMILES string of the molecule is Cc1cc(C(=O)NC2CCOC(C)(C)C2)ccc1F. The van der Waals surface area contributed by atoms with E-state index in [1.165, 1.54) is 12.1 Å². The molecule has 1 amide bonds. The van der Waals surface area contributed by atoms with Gasteiger partial charge in [0.1, 0.15) is 5.82 Å². The minimum atomic E-state index is -0.288. The molecule has 1 aliphatic heterocycles. The predicted octanol–water partition coefficient (Wildman–Crippen LogP) is 2.82. The Morgan fingerprint density at radius 3 is 2.84 bits per heavy atom. The molecule has 104 valence electrons. The van der Waals surface area contributed by atoms with Crippen LogP contribution in [0.3, 0.4) is 0 Å². The molecule has 1 N–H and O–H groups in total. The lowest BCUT2D eigenvalue weighted by molar-refractivity contribution is -0.0615. The first kappa shape index (κ1) is 14.0. The summed E-state index contributed by atoms with van der Waals surface area (Å²) in [5.41, 5.74) is 0.790. The smallest absolute Gasteiger partial charge is 0.251 e. The van der Waals surface area contributed by atoms with Gasteiger partial charge in [0, 0.05) is 18.2 Å². The lowest BCUT2D eigenvalue weighted by atomic mass is 9.93. The second-order valence-electron chi connectivity index (χ2n) is 5.74. The average Bonchev–Trinajstić information content (AvgIpc) is 2.31. The third-order valence-electron chi connectivity index (χ3n) is 3.45. The molecule has 0 spiro atoms. The molecule has 0 radical (unpaired) electrons. The topological polar surface area (TPSA) is 38.3 Å². The first-order valence-electron chi connectivity index (χ1n) is 6.58. The number of ether oxygens (including phenoxy) is 1. The van der Waals surface area contributed by atoms with E-state index in [4.69, 9.17) is 4.74 Å². The molecular weight excluding hydrogens is 245 g/mol. The second kappa shape index (κ2) is 5.29. The average molecular weight is 265 g/mol. The highest BCUT2D eigenvalue weighted by molar-refractivity contribution is 5.94. The van der Waals surface area contributed by atoms with Gasteiger partial charge in [-0.1, -0.05) is 0 Å². The van der Waals surface area contributed by atoms with Gasteiger partial charge in [-0.2, -0.15) is 0 Å². The van der Waals surface area contributed by atoms with Crippen LogP contribution in [0.4, 0.5) is 4.39 Å². The third kappa shape index (κ3) is 3.53. The molecule has 3 nitrogen and oxygen atoms in total. The summed E-state index contributed by atoms with van der Waals surface area (Å²) in [4.78, 5) is 12.1. The van der Waals surface area contributed by atoms with Crippen LogP contribution in [0.15, 0.2) is 18.2 Å². The zero-order chi connectivity index (χ0) is 14.0. The zero-order valence-corrected chi connectivity index (χ0v) is 11.6. The molecule has 1 unspecified atom stereocenters. The summed E-state index contributed by atoms with van der Waals surface area (Å²) in [6.45, 7) is 6.35. The van der Waals surface area contributed by atoms with Crippen molar-refractivity contribution < 1.29 is 13.9 Å². The fourth-order valence-electron chi connectivity index (χ4n) is 2.41. The Kier molecular flexibility index (Phi) is 3.90. The maximum atomic E-state index is 13.2. The molecule has 0 aromatic heterocycles. The van der Waals surface area contributed by atoms with Crippen LogP contribution in [0.1, 0.15) is 42.6 Å². The summed E-state index contributed by atoms with van der Waals surface area (Å²) in [6, 6.07) is 4.54. The molecule has 4 heteroatoms. The lowest BCUT2D eigenvalue weighted by Gasteiger charge is -2.35. The Morgan fingerprint density at radius 2 is 2.21 bits per heavy atom. The Bertz CT molecular complexity index is 485. The van der Waals surface area contributed by atoms with Crippen molar-refractivity contribution in [3.05, 3.63) is 35.1 Å². The number of halogens is 1. The highest BCUT2D eigenvalue weighted by Crippen LogP contribution is 2.24. The van der Waals surface area contributed by atoms with Gasteiger partial charge in [-0.25, -0.2) is 4.39 Å². The second-order valence-corrected chi connectivity index (χ2v) is 5.74. The van der Waals surface area contributed by atoms with Gasteiger partial charge in [-0.15, -0.1) is 0 Å². The van der Waals surface area contributed by atoms with Crippen LogP contribution in [0.5, 0.6) is 0 Å². The normalized spacial score (nSPS) is 22.0. The maximum absolute atomic E-state index is 13.2. The van der Waals surface area contributed by atoms with Crippen molar-refractivity contribution in [3.63, 3.8) is 0 Å². The van der Waals surface area contributed by atoms with Crippen LogP contribution in [0.25, 0.3) is 0 Å². The number of hydrogen-bond acceptors (Lipinski definition) is 2. The molecule has 0 saturated carbocycles. The van der Waals surface area contributed by atoms with Crippen molar-refractivity contribution in [2.45, 2.75) is 45.3 Å². The van der Waals surface area contributed by atoms with Gasteiger partial charge in [-0.3, -0.25) is 4.79 Å². The highest BCUT2D eigenvalue weighted by atomic mass is 19.1. The predicted molar refractivity (Wildman–Crippen MR) is 71.7 cm³/mol. The molecule has 1 fully saturated rings. The molecule has 1 aromatic rings. The molecule has 1 heterocycles. The summed E-state index contributed by atoms with van der Waals surface area (Å²) >= 11 is 0. The molecule has 0 aliphatic carbocycles. The van der Waals surface area contributed by atoms with Crippen molar-refractivity contribution in [2.24, 2.45) is 0 Å². The number of nitrogens with one attached hydrogen (secondary N) is 1. The first-order valence-corrected chi connectivity index (χ1v) is 6.58. The van der Waals surface area contributed by atoms with Crippen LogP contribution < -0.4 is 5.32 Å². The number of rotatable bonds is 2. The van der Waals surface area contributed by atoms with Gasteiger partial charge < -0.3 is 10.1 Å². The quantitative estimate of drug-likeness (QED) is 0.893. The highest BCUT2D eigenvalue weighted by Gasteiger charge is 2.29. The molecule has 2 rings (SSSR count). The molecule has 1 saturated heterocycles. The molecule has 1 aromatic carbocycles. The first-order chi connectivity index (χ1) is 8.87. The number of benzene rings is 1. The zero-order valence-electron chi connectivity index (χ0n) is 11.6. The van der Waals surface area contributed by atoms with E-state index in [2.05, 4.69) is 5.32 Å². The molecule has 0 bridgehead atoms. The van der Waals surface area contributed by atoms with Crippen molar-refractivity contribution >= 4 is 5.91 Å². The molecule has 19 heavy (non-hydrogen) atoms. The number of carbonyl (C=O) groups is 1. The van der Waals surface area contributed by atoms with Gasteiger partial charge in [-0.05, 0) is 57.4 Å². The summed E-state index contributed by atoms with van der Waals surface area (Å²) in [5.74, 6) is -0.436. The fourth-order valence-corrected chi connectivity index (χ4v) is 2.41. The van der Waals surface area contributed by atoms with E-state index in [0.29, 0.717) is 17.7 Å². The number of carbonyl (C=O) groups excluding carboxylic acids is 1. The molecule has 1 atom stereocenters. The van der Waals surface area contributed by atoms with Gasteiger partial charge >= 0.3 is 0 Å². The van der Waals surface area contributed by atoms with Gasteiger partial charge in [0.2, 0.25) is 0 Å². The van der Waals surface area contributed by atoms with E-state index < -0.39 is 0 Å². The monoisotopic (exact) mass is 265 g/mol. The maximum Gasteiger partial charge on any atom is 0.251 e. The van der Waals surface area contributed by atoms with Crippen molar-refractivity contribution in [2.75, 3.05) is 6.61 Å². The van der Waals surface area contributed by atoms with E-state index in [-0.39, 0.29) is 23.4 Å². The lowest BCUT2D eigenvalue weighted by Crippen LogP contribution is -2.45. The molecule has 1 aliphatic rings. The molecular formula is C15H20FNO2. The summed E-state index contributed by atoms with van der Waals surface area (Å²) in [5, 5.41) is 3.00. The standard InChI is InChI=1S/C15H20FNO2/c1-10-8-11(4-5-13(10)16)14(18)17-12-6-7-19-15(2,3)9-12/h4-5,8,12H,6-7,9H2,1-3H3,(H,17,18). The number of aryl methyl sites for hydroxylation is 1. The Balaban J connectivity index is 2.02. The van der Waals surface area contributed by atoms with E-state index in [1.54, 1.807) is 13.0 Å². The largest absolute Gasteiger partial charge is 0.375 e. The van der Waals surface area contributed by atoms with E-state index in [1.807, 2.05) is 13.8 Å². The van der Waals surface area contributed by atoms with Crippen LogP contribution in [0, 0.1) is 12.7 Å². The Morgan fingerprint density at radius 1 is 1.47 bits per heavy atom. The van der Waals surface area contributed by atoms with Crippen LogP contribution in [-0.4, -0.2) is 24.2 Å². The van der Waals surface area contributed by atoms with Gasteiger partial charge in [0.25, 0.3) is 5.91 Å². The van der Waals surface area contributed by atoms with Crippen LogP contribution in [-0.2, 0) is 4.74 Å².